The van der Waals surface area contributed by atoms with Crippen molar-refractivity contribution in [3.63, 3.8) is 0 Å². The quantitative estimate of drug-likeness (QED) is 0.793. The molecular weight excluding hydrogens is 202 g/mol. The van der Waals surface area contributed by atoms with Crippen molar-refractivity contribution in [1.82, 2.24) is 5.32 Å². The van der Waals surface area contributed by atoms with Gasteiger partial charge in [-0.1, -0.05) is 24.3 Å². The van der Waals surface area contributed by atoms with Gasteiger partial charge in [-0.2, -0.15) is 0 Å². The van der Waals surface area contributed by atoms with E-state index in [9.17, 15) is 5.11 Å². The Bertz CT molecular complexity index is 343. The fraction of sp³-hybridized carbons (Fsp3) is 0.538. The van der Waals surface area contributed by atoms with E-state index >= 15 is 0 Å². The Kier molecular flexibility index (Phi) is 3.28. The highest BCUT2D eigenvalue weighted by molar-refractivity contribution is 5.32. The first-order chi connectivity index (χ1) is 7.72. The summed E-state index contributed by atoms with van der Waals surface area (Å²) in [6.45, 7) is 0.578. The summed E-state index contributed by atoms with van der Waals surface area (Å²) in [5.74, 6) is 0. The molecule has 1 unspecified atom stereocenters. The molecule has 2 rings (SSSR count). The van der Waals surface area contributed by atoms with E-state index in [0.29, 0.717) is 6.54 Å². The minimum absolute atomic E-state index is 0.0352. The van der Waals surface area contributed by atoms with E-state index in [1.54, 1.807) is 7.11 Å². The van der Waals surface area contributed by atoms with Crippen LogP contribution in [0.2, 0.25) is 0 Å². The van der Waals surface area contributed by atoms with E-state index in [1.165, 1.54) is 5.56 Å². The zero-order valence-corrected chi connectivity index (χ0v) is 9.86. The molecule has 0 amide bonds. The van der Waals surface area contributed by atoms with Crippen LogP contribution in [0.15, 0.2) is 24.3 Å². The van der Waals surface area contributed by atoms with E-state index in [-0.39, 0.29) is 5.60 Å². The van der Waals surface area contributed by atoms with Gasteiger partial charge in [-0.3, -0.25) is 0 Å². The molecule has 0 heterocycles. The number of hydrogen-bond acceptors (Lipinski definition) is 3. The molecule has 1 fully saturated rings. The first-order valence-electron chi connectivity index (χ1n) is 5.70. The summed E-state index contributed by atoms with van der Waals surface area (Å²) in [4.78, 5) is 0. The summed E-state index contributed by atoms with van der Waals surface area (Å²) < 4.78 is 5.51. The summed E-state index contributed by atoms with van der Waals surface area (Å²) >= 11 is 0. The summed E-state index contributed by atoms with van der Waals surface area (Å²) in [6.07, 6.45) is 1.76. The number of rotatable bonds is 5. The average molecular weight is 221 g/mol. The average Bonchev–Trinajstić information content (AvgIpc) is 3.10. The Balaban J connectivity index is 2.10. The molecule has 0 aliphatic heterocycles. The molecule has 0 bridgehead atoms. The van der Waals surface area contributed by atoms with E-state index in [1.807, 2.05) is 19.2 Å². The smallest absolute Gasteiger partial charge is 0.0929 e. The van der Waals surface area contributed by atoms with Crippen molar-refractivity contribution in [1.29, 1.82) is 0 Å². The van der Waals surface area contributed by atoms with Gasteiger partial charge in [0.1, 0.15) is 0 Å². The number of ether oxygens (including phenoxy) is 1. The SMILES string of the molecule is CNCC(O)c1ccc(C2(OC)CC2)cc1. The molecule has 88 valence electrons. The standard InChI is InChI=1S/C13H19NO2/c1-14-9-12(15)10-3-5-11(6-4-10)13(16-2)7-8-13/h3-6,12,14-15H,7-9H2,1-2H3. The first-order valence-corrected chi connectivity index (χ1v) is 5.70. The Labute approximate surface area is 96.4 Å². The summed E-state index contributed by atoms with van der Waals surface area (Å²) in [5.41, 5.74) is 2.13. The van der Waals surface area contributed by atoms with Gasteiger partial charge in [-0.05, 0) is 31.0 Å². The van der Waals surface area contributed by atoms with Crippen LogP contribution in [0.1, 0.15) is 30.1 Å². The molecule has 3 nitrogen and oxygen atoms in total. The molecule has 0 saturated heterocycles. The Morgan fingerprint density at radius 3 is 2.44 bits per heavy atom. The number of benzene rings is 1. The number of nitrogens with one attached hydrogen (secondary N) is 1. The van der Waals surface area contributed by atoms with Crippen molar-refractivity contribution in [3.05, 3.63) is 35.4 Å². The normalized spacial score (nSPS) is 19.4. The van der Waals surface area contributed by atoms with Crippen molar-refractivity contribution in [2.45, 2.75) is 24.5 Å². The lowest BCUT2D eigenvalue weighted by Crippen LogP contribution is -2.17. The minimum atomic E-state index is -0.434. The largest absolute Gasteiger partial charge is 0.387 e. The summed E-state index contributed by atoms with van der Waals surface area (Å²) in [5, 5.41) is 12.8. The van der Waals surface area contributed by atoms with Crippen LogP contribution in [-0.2, 0) is 10.3 Å². The van der Waals surface area contributed by atoms with Gasteiger partial charge in [0.05, 0.1) is 11.7 Å². The highest BCUT2D eigenvalue weighted by Gasteiger charge is 2.44. The lowest BCUT2D eigenvalue weighted by Gasteiger charge is -2.15. The van der Waals surface area contributed by atoms with E-state index in [0.717, 1.165) is 18.4 Å². The third kappa shape index (κ3) is 2.12. The van der Waals surface area contributed by atoms with Crippen molar-refractivity contribution < 1.29 is 9.84 Å². The molecule has 1 aliphatic carbocycles. The summed E-state index contributed by atoms with van der Waals surface area (Å²) in [6, 6.07) is 8.09. The van der Waals surface area contributed by atoms with Gasteiger partial charge >= 0.3 is 0 Å². The fourth-order valence-electron chi connectivity index (χ4n) is 2.04. The van der Waals surface area contributed by atoms with Crippen LogP contribution in [0.25, 0.3) is 0 Å². The van der Waals surface area contributed by atoms with Gasteiger partial charge in [0, 0.05) is 13.7 Å². The predicted octanol–water partition coefficient (Wildman–Crippen LogP) is 1.57. The molecule has 3 heteroatoms. The van der Waals surface area contributed by atoms with E-state index in [4.69, 9.17) is 4.74 Å². The van der Waals surface area contributed by atoms with Gasteiger partial charge in [-0.15, -0.1) is 0 Å². The van der Waals surface area contributed by atoms with Crippen LogP contribution in [0.4, 0.5) is 0 Å². The molecule has 0 spiro atoms. The maximum atomic E-state index is 9.79. The lowest BCUT2D eigenvalue weighted by molar-refractivity contribution is 0.0788. The number of methoxy groups -OCH3 is 1. The second-order valence-corrected chi connectivity index (χ2v) is 4.39. The first kappa shape index (κ1) is 11.6. The fourth-order valence-corrected chi connectivity index (χ4v) is 2.04. The second-order valence-electron chi connectivity index (χ2n) is 4.39. The zero-order valence-electron chi connectivity index (χ0n) is 9.86. The topological polar surface area (TPSA) is 41.5 Å². The van der Waals surface area contributed by atoms with Gasteiger partial charge in [0.25, 0.3) is 0 Å². The molecule has 1 aromatic rings. The van der Waals surface area contributed by atoms with E-state index in [2.05, 4.69) is 17.4 Å². The van der Waals surface area contributed by atoms with Crippen LogP contribution >= 0.6 is 0 Å². The maximum Gasteiger partial charge on any atom is 0.0929 e. The highest BCUT2D eigenvalue weighted by Crippen LogP contribution is 2.48. The predicted molar refractivity (Wildman–Crippen MR) is 63.2 cm³/mol. The van der Waals surface area contributed by atoms with Crippen molar-refractivity contribution in [3.8, 4) is 0 Å². The Hall–Kier alpha value is -0.900. The van der Waals surface area contributed by atoms with Gasteiger partial charge in [0.2, 0.25) is 0 Å². The molecular formula is C13H19NO2. The van der Waals surface area contributed by atoms with Gasteiger partial charge in [-0.25, -0.2) is 0 Å². The lowest BCUT2D eigenvalue weighted by atomic mass is 10.0. The van der Waals surface area contributed by atoms with E-state index < -0.39 is 6.10 Å². The summed E-state index contributed by atoms with van der Waals surface area (Å²) in [7, 11) is 3.60. The number of likely N-dealkylation sites (N-methyl/N-ethyl adjacent to an activating group) is 1. The van der Waals surface area contributed by atoms with Crippen LogP contribution in [-0.4, -0.2) is 25.8 Å². The van der Waals surface area contributed by atoms with Crippen molar-refractivity contribution in [2.75, 3.05) is 20.7 Å². The van der Waals surface area contributed by atoms with Crippen LogP contribution in [0.5, 0.6) is 0 Å². The molecule has 1 saturated carbocycles. The Morgan fingerprint density at radius 1 is 1.38 bits per heavy atom. The monoisotopic (exact) mass is 221 g/mol. The van der Waals surface area contributed by atoms with Crippen LogP contribution in [0.3, 0.4) is 0 Å². The van der Waals surface area contributed by atoms with Gasteiger partial charge < -0.3 is 15.2 Å². The molecule has 1 atom stereocenters. The highest BCUT2D eigenvalue weighted by atomic mass is 16.5. The minimum Gasteiger partial charge on any atom is -0.387 e. The Morgan fingerprint density at radius 2 is 2.00 bits per heavy atom. The molecule has 2 N–H and O–H groups in total. The van der Waals surface area contributed by atoms with Crippen molar-refractivity contribution >= 4 is 0 Å². The second kappa shape index (κ2) is 4.53. The molecule has 16 heavy (non-hydrogen) atoms. The maximum absolute atomic E-state index is 9.79. The molecule has 0 radical (unpaired) electrons. The van der Waals surface area contributed by atoms with Crippen molar-refractivity contribution in [2.24, 2.45) is 0 Å². The third-order valence-electron chi connectivity index (χ3n) is 3.31. The van der Waals surface area contributed by atoms with Crippen LogP contribution in [0, 0.1) is 0 Å². The third-order valence-corrected chi connectivity index (χ3v) is 3.31. The number of aliphatic hydroxyl groups excluding tert-OH is 1. The van der Waals surface area contributed by atoms with Gasteiger partial charge in [0.15, 0.2) is 0 Å². The number of hydrogen-bond donors (Lipinski definition) is 2. The zero-order chi connectivity index (χ0) is 11.6. The van der Waals surface area contributed by atoms with Crippen LogP contribution < -0.4 is 5.32 Å². The molecule has 0 aromatic heterocycles. The number of aliphatic hydroxyl groups is 1. The molecule has 1 aromatic carbocycles. The molecule has 1 aliphatic rings.